The molecule has 2 rings (SSSR count). The highest BCUT2D eigenvalue weighted by Crippen LogP contribution is 2.33. The number of morpholine rings is 1. The lowest BCUT2D eigenvalue weighted by Crippen LogP contribution is -2.57. The topological polar surface area (TPSA) is 98.7 Å². The largest absolute Gasteiger partial charge is 0.398 e. The van der Waals surface area contributed by atoms with Gasteiger partial charge in [0.15, 0.2) is 0 Å². The number of anilines is 2. The van der Waals surface area contributed by atoms with E-state index in [0.717, 1.165) is 5.69 Å². The first-order valence-corrected chi connectivity index (χ1v) is 8.32. The number of nitrogen functional groups attached to an aromatic ring is 1. The molecule has 1 aromatic rings. The summed E-state index contributed by atoms with van der Waals surface area (Å²) in [6, 6.07) is 4.83. The molecular weight excluding hydrogens is 290 g/mol. The lowest BCUT2D eigenvalue weighted by Gasteiger charge is -2.48. The van der Waals surface area contributed by atoms with Crippen LogP contribution in [0.25, 0.3) is 0 Å². The molecule has 0 saturated carbocycles. The second-order valence-electron chi connectivity index (χ2n) is 6.74. The summed E-state index contributed by atoms with van der Waals surface area (Å²) in [4.78, 5) is 2.10. The molecule has 1 heterocycles. The minimum Gasteiger partial charge on any atom is -0.398 e. The highest BCUT2D eigenvalue weighted by Gasteiger charge is 2.38. The number of hydrogen-bond acceptors (Lipinski definition) is 5. The number of hydrogen-bond donors (Lipinski definition) is 2. The third-order valence-corrected chi connectivity index (χ3v) is 4.35. The lowest BCUT2D eigenvalue weighted by atomic mass is 9.98. The van der Waals surface area contributed by atoms with Crippen LogP contribution < -0.4 is 15.8 Å². The van der Waals surface area contributed by atoms with E-state index in [1.807, 2.05) is 27.7 Å². The van der Waals surface area contributed by atoms with Crippen molar-refractivity contribution in [2.45, 2.75) is 43.8 Å². The van der Waals surface area contributed by atoms with Gasteiger partial charge in [0.1, 0.15) is 4.90 Å². The van der Waals surface area contributed by atoms with Gasteiger partial charge in [0, 0.05) is 18.8 Å². The fourth-order valence-corrected chi connectivity index (χ4v) is 3.61. The SMILES string of the molecule is CC1(C)CN(c2ccc(S(N)(=O)=O)c(N)c2)CC(C)(C)O1. The van der Waals surface area contributed by atoms with E-state index >= 15 is 0 Å². The van der Waals surface area contributed by atoms with Gasteiger partial charge in [0.2, 0.25) is 10.0 Å². The monoisotopic (exact) mass is 313 g/mol. The van der Waals surface area contributed by atoms with Crippen LogP contribution in [0.2, 0.25) is 0 Å². The van der Waals surface area contributed by atoms with Crippen molar-refractivity contribution in [3.8, 4) is 0 Å². The predicted octanol–water partition coefficient (Wildman–Crippen LogP) is 1.31. The molecule has 1 aliphatic heterocycles. The first-order chi connectivity index (χ1) is 9.40. The molecule has 0 bridgehead atoms. The van der Waals surface area contributed by atoms with Crippen LogP contribution in [0.3, 0.4) is 0 Å². The van der Waals surface area contributed by atoms with Crippen molar-refractivity contribution in [2.75, 3.05) is 23.7 Å². The van der Waals surface area contributed by atoms with Gasteiger partial charge in [-0.2, -0.15) is 0 Å². The molecule has 0 unspecified atom stereocenters. The minimum atomic E-state index is -3.79. The van der Waals surface area contributed by atoms with Gasteiger partial charge in [-0.3, -0.25) is 0 Å². The summed E-state index contributed by atoms with van der Waals surface area (Å²) in [6.07, 6.45) is 0. The van der Waals surface area contributed by atoms with Crippen molar-refractivity contribution in [3.05, 3.63) is 18.2 Å². The summed E-state index contributed by atoms with van der Waals surface area (Å²) in [5.41, 5.74) is 6.27. The van der Waals surface area contributed by atoms with Crippen LogP contribution >= 0.6 is 0 Å². The molecule has 0 aromatic heterocycles. The zero-order valence-corrected chi connectivity index (χ0v) is 13.7. The van der Waals surface area contributed by atoms with Crippen molar-refractivity contribution in [3.63, 3.8) is 0 Å². The number of nitrogens with two attached hydrogens (primary N) is 2. The zero-order valence-electron chi connectivity index (χ0n) is 12.9. The fraction of sp³-hybridized carbons (Fsp3) is 0.571. The van der Waals surface area contributed by atoms with Crippen LogP contribution in [0, 0.1) is 0 Å². The van der Waals surface area contributed by atoms with E-state index in [1.165, 1.54) is 6.07 Å². The third kappa shape index (κ3) is 3.66. The molecule has 21 heavy (non-hydrogen) atoms. The number of nitrogens with zero attached hydrogens (tertiary/aromatic N) is 1. The number of benzene rings is 1. The highest BCUT2D eigenvalue weighted by molar-refractivity contribution is 7.89. The second kappa shape index (κ2) is 4.86. The van der Waals surface area contributed by atoms with E-state index in [0.29, 0.717) is 13.1 Å². The number of sulfonamides is 1. The summed E-state index contributed by atoms with van der Waals surface area (Å²) in [7, 11) is -3.79. The fourth-order valence-electron chi connectivity index (χ4n) is 2.96. The maximum Gasteiger partial charge on any atom is 0.240 e. The molecule has 0 radical (unpaired) electrons. The van der Waals surface area contributed by atoms with Gasteiger partial charge in [-0.1, -0.05) is 0 Å². The normalized spacial score (nSPS) is 21.3. The van der Waals surface area contributed by atoms with Crippen molar-refractivity contribution in [1.29, 1.82) is 0 Å². The van der Waals surface area contributed by atoms with E-state index in [-0.39, 0.29) is 21.8 Å². The number of rotatable bonds is 2. The summed E-state index contributed by atoms with van der Waals surface area (Å²) < 4.78 is 28.9. The Hall–Kier alpha value is -1.31. The Morgan fingerprint density at radius 1 is 1.14 bits per heavy atom. The van der Waals surface area contributed by atoms with Crippen LogP contribution in [0.1, 0.15) is 27.7 Å². The Morgan fingerprint density at radius 3 is 2.10 bits per heavy atom. The first-order valence-electron chi connectivity index (χ1n) is 6.77. The molecule has 1 fully saturated rings. The summed E-state index contributed by atoms with van der Waals surface area (Å²) in [5.74, 6) is 0. The molecule has 4 N–H and O–H groups in total. The smallest absolute Gasteiger partial charge is 0.240 e. The van der Waals surface area contributed by atoms with E-state index in [9.17, 15) is 8.42 Å². The van der Waals surface area contributed by atoms with Crippen molar-refractivity contribution < 1.29 is 13.2 Å². The average Bonchev–Trinajstić information content (AvgIpc) is 2.22. The van der Waals surface area contributed by atoms with E-state index < -0.39 is 10.0 Å². The van der Waals surface area contributed by atoms with E-state index in [4.69, 9.17) is 15.6 Å². The van der Waals surface area contributed by atoms with Crippen molar-refractivity contribution in [2.24, 2.45) is 5.14 Å². The summed E-state index contributed by atoms with van der Waals surface area (Å²) >= 11 is 0. The lowest BCUT2D eigenvalue weighted by molar-refractivity contribution is -0.133. The maximum absolute atomic E-state index is 11.4. The molecule has 0 spiro atoms. The Balaban J connectivity index is 2.37. The maximum atomic E-state index is 11.4. The van der Waals surface area contributed by atoms with Gasteiger partial charge in [-0.05, 0) is 45.9 Å². The van der Waals surface area contributed by atoms with Crippen molar-refractivity contribution >= 4 is 21.4 Å². The van der Waals surface area contributed by atoms with Gasteiger partial charge < -0.3 is 15.4 Å². The van der Waals surface area contributed by atoms with Gasteiger partial charge >= 0.3 is 0 Å². The second-order valence-corrected chi connectivity index (χ2v) is 8.27. The number of primary sulfonamides is 1. The van der Waals surface area contributed by atoms with Gasteiger partial charge in [0.05, 0.1) is 16.9 Å². The van der Waals surface area contributed by atoms with Gasteiger partial charge in [-0.15, -0.1) is 0 Å². The van der Waals surface area contributed by atoms with Gasteiger partial charge in [-0.25, -0.2) is 13.6 Å². The van der Waals surface area contributed by atoms with Crippen LogP contribution in [-0.2, 0) is 14.8 Å². The molecule has 1 aliphatic rings. The van der Waals surface area contributed by atoms with Crippen LogP contribution in [-0.4, -0.2) is 32.7 Å². The molecule has 1 saturated heterocycles. The molecule has 118 valence electrons. The average molecular weight is 313 g/mol. The Bertz CT molecular complexity index is 637. The Labute approximate surface area is 126 Å². The highest BCUT2D eigenvalue weighted by atomic mass is 32.2. The first kappa shape index (κ1) is 16.1. The van der Waals surface area contributed by atoms with Crippen molar-refractivity contribution in [1.82, 2.24) is 0 Å². The minimum absolute atomic E-state index is 0.0435. The molecule has 7 heteroatoms. The van der Waals surface area contributed by atoms with Crippen LogP contribution in [0.5, 0.6) is 0 Å². The third-order valence-electron chi connectivity index (χ3n) is 3.36. The predicted molar refractivity (Wildman–Crippen MR) is 83.7 cm³/mol. The zero-order chi connectivity index (χ0) is 16.1. The number of ether oxygens (including phenoxy) is 1. The standard InChI is InChI=1S/C14H23N3O3S/c1-13(2)8-17(9-14(3,4)20-13)10-5-6-12(11(15)7-10)21(16,18)19/h5-7H,8-9,15H2,1-4H3,(H2,16,18,19). The molecule has 0 amide bonds. The molecular formula is C14H23N3O3S. The van der Waals surface area contributed by atoms with E-state index in [2.05, 4.69) is 4.90 Å². The summed E-state index contributed by atoms with van der Waals surface area (Å²) in [6.45, 7) is 9.52. The molecule has 6 nitrogen and oxygen atoms in total. The van der Waals surface area contributed by atoms with E-state index in [1.54, 1.807) is 12.1 Å². The Morgan fingerprint density at radius 2 is 1.67 bits per heavy atom. The van der Waals surface area contributed by atoms with Crippen LogP contribution in [0.4, 0.5) is 11.4 Å². The quantitative estimate of drug-likeness (QED) is 0.802. The van der Waals surface area contributed by atoms with Gasteiger partial charge in [0.25, 0.3) is 0 Å². The van der Waals surface area contributed by atoms with Crippen LogP contribution in [0.15, 0.2) is 23.1 Å². The summed E-state index contributed by atoms with van der Waals surface area (Å²) in [5, 5.41) is 5.13. The Kier molecular flexibility index (Phi) is 3.72. The molecule has 0 aliphatic carbocycles. The molecule has 1 aromatic carbocycles. The molecule has 0 atom stereocenters.